The van der Waals surface area contributed by atoms with Crippen LogP contribution in [0.1, 0.15) is 19.4 Å². The van der Waals surface area contributed by atoms with Gasteiger partial charge >= 0.3 is 6.09 Å². The maximum absolute atomic E-state index is 12.5. The molecule has 0 saturated carbocycles. The fraction of sp³-hybridized carbons (Fsp3) is 0.375. The van der Waals surface area contributed by atoms with E-state index >= 15 is 0 Å². The topological polar surface area (TPSA) is 103 Å². The highest BCUT2D eigenvalue weighted by Crippen LogP contribution is 2.44. The van der Waals surface area contributed by atoms with Gasteiger partial charge in [0.15, 0.2) is 11.5 Å². The second-order valence-electron chi connectivity index (χ2n) is 5.03. The van der Waals surface area contributed by atoms with Crippen LogP contribution in [-0.2, 0) is 19.9 Å². The Bertz CT molecular complexity index is 698. The predicted molar refractivity (Wildman–Crippen MR) is 82.8 cm³/mol. The molecule has 1 amide bonds. The number of Topliss-reactive ketones (excluding diaryl/α,β-unsaturated/α-hetero) is 1. The van der Waals surface area contributed by atoms with Crippen LogP contribution in [0.5, 0.6) is 11.5 Å². The van der Waals surface area contributed by atoms with E-state index in [0.29, 0.717) is 17.1 Å². The Morgan fingerprint density at radius 3 is 2.62 bits per heavy atom. The van der Waals surface area contributed by atoms with E-state index < -0.39 is 23.2 Å². The first-order chi connectivity index (χ1) is 11.4. The number of methoxy groups -OCH3 is 2. The highest BCUT2D eigenvalue weighted by Gasteiger charge is 2.50. The average Bonchev–Trinajstić information content (AvgIpc) is 2.79. The molecule has 0 bridgehead atoms. The van der Waals surface area contributed by atoms with Gasteiger partial charge in [0, 0.05) is 5.56 Å². The minimum absolute atomic E-state index is 0.134. The third-order valence-corrected chi connectivity index (χ3v) is 3.58. The molecular weight excluding hydrogens is 318 g/mol. The lowest BCUT2D eigenvalue weighted by molar-refractivity contribution is -0.132. The van der Waals surface area contributed by atoms with Crippen LogP contribution >= 0.6 is 0 Å². The fourth-order valence-electron chi connectivity index (χ4n) is 2.41. The Balaban J connectivity index is 2.40. The second kappa shape index (κ2) is 6.69. The Hall–Kier alpha value is -2.90. The number of aliphatic hydroxyl groups excluding tert-OH is 1. The zero-order valence-corrected chi connectivity index (χ0v) is 13.8. The summed E-state index contributed by atoms with van der Waals surface area (Å²) >= 11 is 0. The number of amides is 1. The third kappa shape index (κ3) is 2.82. The summed E-state index contributed by atoms with van der Waals surface area (Å²) in [5.41, 5.74) is -1.24. The molecule has 24 heavy (non-hydrogen) atoms. The number of benzene rings is 1. The first-order valence-corrected chi connectivity index (χ1v) is 7.21. The van der Waals surface area contributed by atoms with Crippen LogP contribution in [0.4, 0.5) is 4.79 Å². The Labute approximate surface area is 139 Å². The number of ketones is 1. The summed E-state index contributed by atoms with van der Waals surface area (Å²) in [6, 6.07) is 4.93. The van der Waals surface area contributed by atoms with Crippen molar-refractivity contribution in [2.45, 2.75) is 19.4 Å². The van der Waals surface area contributed by atoms with Crippen molar-refractivity contribution in [2.24, 2.45) is 0 Å². The number of alkyl carbamates (subject to hydrolysis) is 1. The van der Waals surface area contributed by atoms with E-state index in [1.54, 1.807) is 25.1 Å². The number of carbonyl (C=O) groups is 2. The summed E-state index contributed by atoms with van der Waals surface area (Å²) in [6.07, 6.45) is -0.839. The fourth-order valence-corrected chi connectivity index (χ4v) is 2.41. The minimum Gasteiger partial charge on any atom is -0.501 e. The van der Waals surface area contributed by atoms with Crippen molar-refractivity contribution >= 4 is 11.9 Å². The lowest BCUT2D eigenvalue weighted by Gasteiger charge is -2.26. The van der Waals surface area contributed by atoms with E-state index in [0.717, 1.165) is 0 Å². The second-order valence-corrected chi connectivity index (χ2v) is 5.03. The molecule has 0 fully saturated rings. The quantitative estimate of drug-likeness (QED) is 0.847. The lowest BCUT2D eigenvalue weighted by atomic mass is 9.90. The molecule has 2 N–H and O–H groups in total. The van der Waals surface area contributed by atoms with Crippen molar-refractivity contribution in [2.75, 3.05) is 20.8 Å². The molecule has 0 saturated heterocycles. The number of hydrogen-bond acceptors (Lipinski definition) is 7. The molecule has 1 aromatic rings. The van der Waals surface area contributed by atoms with Crippen LogP contribution in [0.3, 0.4) is 0 Å². The van der Waals surface area contributed by atoms with Crippen LogP contribution < -0.4 is 14.8 Å². The number of ether oxygens (including phenoxy) is 4. The van der Waals surface area contributed by atoms with Gasteiger partial charge in [-0.1, -0.05) is 12.1 Å². The molecular formula is C16H19NO7. The standard InChI is InChI=1S/C16H19NO7/c1-5-23-15(20)17-14-11(18)13(19)16(2,24-14)9-7-6-8-10(21-3)12(9)22-4/h6-8,18H,5H2,1-4H3,(H,17,20). The monoisotopic (exact) mass is 337 g/mol. The van der Waals surface area contributed by atoms with Crippen molar-refractivity contribution < 1.29 is 33.6 Å². The van der Waals surface area contributed by atoms with Crippen molar-refractivity contribution in [3.63, 3.8) is 0 Å². The van der Waals surface area contributed by atoms with E-state index in [9.17, 15) is 14.7 Å². The van der Waals surface area contributed by atoms with Crippen LogP contribution in [0, 0.1) is 0 Å². The summed E-state index contributed by atoms with van der Waals surface area (Å²) in [5.74, 6) is -1.10. The molecule has 0 aliphatic carbocycles. The summed E-state index contributed by atoms with van der Waals surface area (Å²) < 4.78 is 20.8. The number of aliphatic hydroxyl groups is 1. The zero-order chi connectivity index (χ0) is 17.9. The smallest absolute Gasteiger partial charge is 0.414 e. The summed E-state index contributed by atoms with van der Waals surface area (Å²) in [7, 11) is 2.89. The van der Waals surface area contributed by atoms with Crippen LogP contribution in [0.2, 0.25) is 0 Å². The molecule has 2 rings (SSSR count). The van der Waals surface area contributed by atoms with Crippen molar-refractivity contribution in [1.82, 2.24) is 5.32 Å². The van der Waals surface area contributed by atoms with Gasteiger partial charge in [0.05, 0.1) is 20.8 Å². The molecule has 8 nitrogen and oxygen atoms in total. The first kappa shape index (κ1) is 17.5. The predicted octanol–water partition coefficient (Wildman–Crippen LogP) is 1.99. The molecule has 0 radical (unpaired) electrons. The van der Waals surface area contributed by atoms with Gasteiger partial charge in [-0.25, -0.2) is 4.79 Å². The molecule has 1 atom stereocenters. The number of para-hydroxylation sites is 1. The molecule has 1 unspecified atom stereocenters. The Morgan fingerprint density at radius 1 is 1.33 bits per heavy atom. The normalized spacial score (nSPS) is 19.8. The van der Waals surface area contributed by atoms with Gasteiger partial charge in [0.25, 0.3) is 5.78 Å². The van der Waals surface area contributed by atoms with Crippen molar-refractivity contribution in [3.8, 4) is 11.5 Å². The van der Waals surface area contributed by atoms with Gasteiger partial charge in [0.1, 0.15) is 0 Å². The Morgan fingerprint density at radius 2 is 2.04 bits per heavy atom. The highest BCUT2D eigenvalue weighted by atomic mass is 16.6. The third-order valence-electron chi connectivity index (χ3n) is 3.58. The van der Waals surface area contributed by atoms with Gasteiger partial charge in [-0.3, -0.25) is 10.1 Å². The number of carbonyl (C=O) groups excluding carboxylic acids is 2. The lowest BCUT2D eigenvalue weighted by Crippen LogP contribution is -2.33. The van der Waals surface area contributed by atoms with E-state index in [1.807, 2.05) is 0 Å². The maximum Gasteiger partial charge on any atom is 0.414 e. The largest absolute Gasteiger partial charge is 0.501 e. The average molecular weight is 337 g/mol. The SMILES string of the molecule is CCOC(=O)NC1=C(O)C(=O)C(C)(c2cccc(OC)c2OC)O1. The van der Waals surface area contributed by atoms with E-state index in [1.165, 1.54) is 21.1 Å². The summed E-state index contributed by atoms with van der Waals surface area (Å²) in [6.45, 7) is 3.22. The van der Waals surface area contributed by atoms with Gasteiger partial charge in [0.2, 0.25) is 17.2 Å². The van der Waals surface area contributed by atoms with E-state index in [2.05, 4.69) is 5.32 Å². The molecule has 1 aromatic carbocycles. The van der Waals surface area contributed by atoms with Crippen molar-refractivity contribution in [3.05, 3.63) is 35.4 Å². The molecule has 0 spiro atoms. The first-order valence-electron chi connectivity index (χ1n) is 7.21. The highest BCUT2D eigenvalue weighted by molar-refractivity contribution is 6.03. The summed E-state index contributed by atoms with van der Waals surface area (Å²) in [4.78, 5) is 24.0. The minimum atomic E-state index is -1.58. The molecule has 1 aliphatic rings. The number of nitrogens with one attached hydrogen (secondary N) is 1. The van der Waals surface area contributed by atoms with Crippen LogP contribution in [-0.4, -0.2) is 37.8 Å². The Kier molecular flexibility index (Phi) is 4.87. The molecule has 1 heterocycles. The molecule has 130 valence electrons. The number of rotatable bonds is 5. The van der Waals surface area contributed by atoms with Crippen LogP contribution in [0.15, 0.2) is 29.8 Å². The van der Waals surface area contributed by atoms with Gasteiger partial charge < -0.3 is 24.1 Å². The maximum atomic E-state index is 12.5. The van der Waals surface area contributed by atoms with Gasteiger partial charge in [-0.05, 0) is 19.9 Å². The van der Waals surface area contributed by atoms with Gasteiger partial charge in [-0.2, -0.15) is 0 Å². The van der Waals surface area contributed by atoms with Gasteiger partial charge in [-0.15, -0.1) is 0 Å². The van der Waals surface area contributed by atoms with E-state index in [4.69, 9.17) is 18.9 Å². The van der Waals surface area contributed by atoms with E-state index in [-0.39, 0.29) is 12.5 Å². The molecule has 8 heteroatoms. The number of hydrogen-bond donors (Lipinski definition) is 2. The zero-order valence-electron chi connectivity index (χ0n) is 13.8. The van der Waals surface area contributed by atoms with Crippen molar-refractivity contribution in [1.29, 1.82) is 0 Å². The molecule has 1 aliphatic heterocycles. The van der Waals surface area contributed by atoms with Crippen LogP contribution in [0.25, 0.3) is 0 Å². The summed E-state index contributed by atoms with van der Waals surface area (Å²) in [5, 5.41) is 12.2. The molecule has 0 aromatic heterocycles.